The lowest BCUT2D eigenvalue weighted by atomic mass is 9.64. The lowest BCUT2D eigenvalue weighted by molar-refractivity contribution is 0.674. The summed E-state index contributed by atoms with van der Waals surface area (Å²) in [5.74, 6) is 1.50. The molecule has 320 valence electrons. The van der Waals surface area contributed by atoms with Crippen LogP contribution < -0.4 is 10.2 Å². The van der Waals surface area contributed by atoms with Crippen molar-refractivity contribution in [3.05, 3.63) is 294 Å². The maximum absolute atomic E-state index is 5.14. The Kier molecular flexibility index (Phi) is 9.43. The minimum atomic E-state index is -0.500. The zero-order valence-electron chi connectivity index (χ0n) is 37.2. The van der Waals surface area contributed by atoms with Crippen molar-refractivity contribution in [3.8, 4) is 44.5 Å². The lowest BCUT2D eigenvalue weighted by Gasteiger charge is -2.45. The van der Waals surface area contributed by atoms with E-state index in [1.165, 1.54) is 67.0 Å². The second-order valence-corrected chi connectivity index (χ2v) is 17.7. The lowest BCUT2D eigenvalue weighted by Crippen LogP contribution is -2.36. The molecule has 0 bridgehead atoms. The number of amidine groups is 2. The second kappa shape index (κ2) is 16.2. The number of hydrogen-bond donors (Lipinski definition) is 1. The van der Waals surface area contributed by atoms with Crippen LogP contribution in [0.5, 0.6) is 0 Å². The van der Waals surface area contributed by atoms with Crippen LogP contribution in [0.3, 0.4) is 0 Å². The van der Waals surface area contributed by atoms with E-state index >= 15 is 0 Å². The molecule has 1 atom stereocenters. The maximum atomic E-state index is 5.14. The molecule has 10 aromatic rings. The zero-order valence-corrected chi connectivity index (χ0v) is 37.2. The minimum absolute atomic E-state index is 0.269. The van der Waals surface area contributed by atoms with Gasteiger partial charge in [-0.2, -0.15) is 0 Å². The Balaban J connectivity index is 0.839. The van der Waals surface area contributed by atoms with Crippen LogP contribution in [0, 0.1) is 0 Å². The molecule has 0 amide bonds. The Morgan fingerprint density at radius 1 is 0.353 bits per heavy atom. The molecular weight excluding hydrogens is 825 g/mol. The number of rotatable bonds is 7. The highest BCUT2D eigenvalue weighted by Gasteiger charge is 2.51. The Hall–Kier alpha value is -8.86. The molecule has 1 unspecified atom stereocenters. The van der Waals surface area contributed by atoms with Crippen molar-refractivity contribution in [1.82, 2.24) is 5.32 Å². The summed E-state index contributed by atoms with van der Waals surface area (Å²) in [6.45, 7) is 0. The standard InChI is InChI=1S/C64H44N4/c1-4-16-43(17-5-1)44-32-36-49(37-33-44)62-65-61(48-18-6-2-7-19-48)66-63(67-62)50-38-34-46(35-39-50)45-28-30-47(31-29-45)51-40-41-54-53-22-10-11-23-55(53)64(58(54)42-51)56-24-12-14-26-59(56)68(52-20-8-3-9-21-52)60-27-15-13-25-57(60)64/h1-42,61H,(H,65,66,67). The Bertz CT molecular complexity index is 3510. The fourth-order valence-corrected chi connectivity index (χ4v) is 10.8. The van der Waals surface area contributed by atoms with E-state index in [0.29, 0.717) is 5.84 Å². The Labute approximate surface area is 396 Å². The van der Waals surface area contributed by atoms with Gasteiger partial charge in [-0.05, 0) is 103 Å². The van der Waals surface area contributed by atoms with Gasteiger partial charge >= 0.3 is 0 Å². The van der Waals surface area contributed by atoms with Crippen LogP contribution in [0.1, 0.15) is 45.1 Å². The molecule has 4 heteroatoms. The third-order valence-electron chi connectivity index (χ3n) is 14.0. The second-order valence-electron chi connectivity index (χ2n) is 17.7. The highest BCUT2D eigenvalue weighted by Crippen LogP contribution is 2.63. The molecule has 13 rings (SSSR count). The monoisotopic (exact) mass is 868 g/mol. The number of nitrogens with zero attached hydrogens (tertiary/aromatic N) is 3. The van der Waals surface area contributed by atoms with Crippen LogP contribution in [0.25, 0.3) is 44.5 Å². The number of benzene rings is 10. The number of aliphatic imine (C=N–C) groups is 2. The third-order valence-corrected chi connectivity index (χ3v) is 14.0. The summed E-state index contributed by atoms with van der Waals surface area (Å²) in [4.78, 5) is 12.7. The van der Waals surface area contributed by atoms with Crippen molar-refractivity contribution in [3.63, 3.8) is 0 Å². The topological polar surface area (TPSA) is 40.0 Å². The minimum Gasteiger partial charge on any atom is -0.344 e. The van der Waals surface area contributed by atoms with Gasteiger partial charge in [0.05, 0.1) is 16.8 Å². The first-order chi connectivity index (χ1) is 33.7. The number of hydrogen-bond acceptors (Lipinski definition) is 4. The summed E-state index contributed by atoms with van der Waals surface area (Å²) >= 11 is 0. The molecule has 4 nitrogen and oxygen atoms in total. The SMILES string of the molecule is c1ccc(-c2ccc(C3=NC(c4ccc(-c5ccc(-c6ccc7c(c6)C6(c8ccccc8-7)c7ccccc7N(c7ccccc7)c7ccccc76)cc5)cc4)=NC(c4ccccc4)N3)cc2)cc1. The molecule has 0 fully saturated rings. The summed E-state index contributed by atoms with van der Waals surface area (Å²) in [6.07, 6.45) is -0.269. The van der Waals surface area contributed by atoms with Gasteiger partial charge in [0.2, 0.25) is 0 Å². The van der Waals surface area contributed by atoms with Gasteiger partial charge in [0, 0.05) is 16.8 Å². The average molecular weight is 869 g/mol. The molecule has 0 saturated carbocycles. The molecule has 10 aromatic carbocycles. The summed E-state index contributed by atoms with van der Waals surface area (Å²) in [7, 11) is 0. The fourth-order valence-electron chi connectivity index (χ4n) is 10.8. The van der Waals surface area contributed by atoms with Crippen LogP contribution in [-0.4, -0.2) is 11.7 Å². The highest BCUT2D eigenvalue weighted by molar-refractivity contribution is 6.13. The summed E-state index contributed by atoms with van der Waals surface area (Å²) in [5.41, 5.74) is 20.9. The molecule has 1 aliphatic carbocycles. The molecule has 2 heterocycles. The van der Waals surface area contributed by atoms with E-state index in [-0.39, 0.29) is 6.17 Å². The number of nitrogens with one attached hydrogen (secondary N) is 1. The van der Waals surface area contributed by atoms with E-state index in [9.17, 15) is 0 Å². The summed E-state index contributed by atoms with van der Waals surface area (Å²) < 4.78 is 0. The first-order valence-electron chi connectivity index (χ1n) is 23.3. The molecule has 0 aromatic heterocycles. The molecule has 0 saturated heterocycles. The van der Waals surface area contributed by atoms with Crippen molar-refractivity contribution in [2.24, 2.45) is 9.98 Å². The van der Waals surface area contributed by atoms with Crippen molar-refractivity contribution in [1.29, 1.82) is 0 Å². The van der Waals surface area contributed by atoms with E-state index in [0.717, 1.165) is 39.3 Å². The quantitative estimate of drug-likeness (QED) is 0.173. The Morgan fingerprint density at radius 3 is 1.41 bits per heavy atom. The molecule has 0 radical (unpaired) electrons. The van der Waals surface area contributed by atoms with Gasteiger partial charge in [-0.25, -0.2) is 9.98 Å². The van der Waals surface area contributed by atoms with E-state index in [2.05, 4.69) is 253 Å². The predicted octanol–water partition coefficient (Wildman–Crippen LogP) is 15.3. The van der Waals surface area contributed by atoms with Crippen LogP contribution in [-0.2, 0) is 5.41 Å². The third kappa shape index (κ3) is 6.45. The van der Waals surface area contributed by atoms with E-state index in [1.54, 1.807) is 0 Å². The number of anilines is 3. The van der Waals surface area contributed by atoms with Crippen molar-refractivity contribution in [2.75, 3.05) is 4.90 Å². The fraction of sp³-hybridized carbons (Fsp3) is 0.0312. The molecule has 1 spiro atoms. The first-order valence-corrected chi connectivity index (χ1v) is 23.3. The van der Waals surface area contributed by atoms with E-state index in [1.807, 2.05) is 12.1 Å². The number of fused-ring (bicyclic) bond motifs is 9. The van der Waals surface area contributed by atoms with Crippen molar-refractivity contribution >= 4 is 28.7 Å². The number of para-hydroxylation sites is 3. The predicted molar refractivity (Wildman–Crippen MR) is 280 cm³/mol. The largest absolute Gasteiger partial charge is 0.344 e. The van der Waals surface area contributed by atoms with Gasteiger partial charge in [0.1, 0.15) is 12.0 Å². The first kappa shape index (κ1) is 39.5. The van der Waals surface area contributed by atoms with Crippen LogP contribution >= 0.6 is 0 Å². The maximum Gasteiger partial charge on any atom is 0.159 e. The summed E-state index contributed by atoms with van der Waals surface area (Å²) in [6, 6.07) is 92.0. The normalized spacial score (nSPS) is 15.0. The molecular formula is C64H44N4. The van der Waals surface area contributed by atoms with Crippen LogP contribution in [0.4, 0.5) is 17.1 Å². The average Bonchev–Trinajstić information content (AvgIpc) is 3.71. The van der Waals surface area contributed by atoms with E-state index in [4.69, 9.17) is 9.98 Å². The van der Waals surface area contributed by atoms with Crippen LogP contribution in [0.2, 0.25) is 0 Å². The van der Waals surface area contributed by atoms with E-state index < -0.39 is 5.41 Å². The van der Waals surface area contributed by atoms with Crippen LogP contribution in [0.15, 0.2) is 265 Å². The van der Waals surface area contributed by atoms with Crippen molar-refractivity contribution in [2.45, 2.75) is 11.6 Å². The van der Waals surface area contributed by atoms with Gasteiger partial charge in [0.25, 0.3) is 0 Å². The molecule has 1 N–H and O–H groups in total. The zero-order chi connectivity index (χ0) is 45.0. The van der Waals surface area contributed by atoms with Gasteiger partial charge in [-0.1, -0.05) is 224 Å². The summed E-state index contributed by atoms with van der Waals surface area (Å²) in [5, 5.41) is 3.61. The Morgan fingerprint density at radius 2 is 0.794 bits per heavy atom. The van der Waals surface area contributed by atoms with Crippen molar-refractivity contribution < 1.29 is 0 Å². The smallest absolute Gasteiger partial charge is 0.159 e. The molecule has 68 heavy (non-hydrogen) atoms. The molecule has 2 aliphatic heterocycles. The molecule has 3 aliphatic rings. The highest BCUT2D eigenvalue weighted by atomic mass is 15.2. The van der Waals surface area contributed by atoms with Gasteiger partial charge in [0.15, 0.2) is 5.84 Å². The van der Waals surface area contributed by atoms with Gasteiger partial charge in [-0.15, -0.1) is 0 Å². The van der Waals surface area contributed by atoms with Gasteiger partial charge in [-0.3, -0.25) is 0 Å². The van der Waals surface area contributed by atoms with Gasteiger partial charge < -0.3 is 10.2 Å².